The Kier molecular flexibility index (Phi) is 4.81. The van der Waals surface area contributed by atoms with Crippen LogP contribution in [-0.4, -0.2) is 23.4 Å². The summed E-state index contributed by atoms with van der Waals surface area (Å²) in [6.07, 6.45) is -4.62. The second kappa shape index (κ2) is 4.78. The second-order valence-corrected chi connectivity index (χ2v) is 3.69. The molecule has 0 aromatic carbocycles. The molecule has 0 aromatic rings. The minimum Gasteiger partial charge on any atom is -0.232 e. The fourth-order valence-corrected chi connectivity index (χ4v) is 0.992. The van der Waals surface area contributed by atoms with E-state index < -0.39 is 28.4 Å². The molecule has 16 heavy (non-hydrogen) atoms. The highest BCUT2D eigenvalue weighted by molar-refractivity contribution is 6.37. The van der Waals surface area contributed by atoms with Crippen LogP contribution in [0.2, 0.25) is 0 Å². The van der Waals surface area contributed by atoms with E-state index in [9.17, 15) is 30.7 Å². The molecule has 0 saturated heterocycles. The number of hydrogen-bond acceptors (Lipinski definition) is 0. The maximum Gasteiger partial charge on any atom is 0.358 e. The highest BCUT2D eigenvalue weighted by Gasteiger charge is 2.69. The normalized spacial score (nSPS) is 17.5. The number of allylic oxidation sites excluding steroid dienone is 1. The van der Waals surface area contributed by atoms with Gasteiger partial charge in [-0.3, -0.25) is 0 Å². The van der Waals surface area contributed by atoms with E-state index in [1.165, 1.54) is 0 Å². The molecule has 10 heteroatoms. The summed E-state index contributed by atoms with van der Waals surface area (Å²) in [7, 11) is 0. The van der Waals surface area contributed by atoms with Gasteiger partial charge in [-0.25, -0.2) is 4.39 Å². The van der Waals surface area contributed by atoms with E-state index in [1.807, 2.05) is 0 Å². The summed E-state index contributed by atoms with van der Waals surface area (Å²) in [6.45, 7) is 0. The lowest BCUT2D eigenvalue weighted by Crippen LogP contribution is -2.53. The molecular formula is C6H2Cl3F7. The third-order valence-corrected chi connectivity index (χ3v) is 2.29. The number of alkyl halides is 8. The molecule has 1 unspecified atom stereocenters. The van der Waals surface area contributed by atoms with E-state index >= 15 is 0 Å². The summed E-state index contributed by atoms with van der Waals surface area (Å²) >= 11 is 13.1. The van der Waals surface area contributed by atoms with Crippen molar-refractivity contribution in [3.63, 3.8) is 0 Å². The average Bonchev–Trinajstić information content (AvgIpc) is 2.13. The zero-order chi connectivity index (χ0) is 13.4. The molecule has 0 spiro atoms. The molecule has 0 rings (SSSR count). The monoisotopic (exact) mass is 312 g/mol. The second-order valence-electron chi connectivity index (χ2n) is 2.56. The maximum absolute atomic E-state index is 12.7. The van der Waals surface area contributed by atoms with Gasteiger partial charge in [-0.05, 0) is 11.6 Å². The summed E-state index contributed by atoms with van der Waals surface area (Å²) < 4.78 is 87.1. The Balaban J connectivity index is 5.36. The van der Waals surface area contributed by atoms with E-state index in [2.05, 4.69) is 34.8 Å². The van der Waals surface area contributed by atoms with Gasteiger partial charge in [0.05, 0.1) is 0 Å². The van der Waals surface area contributed by atoms with Gasteiger partial charge in [-0.1, -0.05) is 23.2 Å². The Labute approximate surface area is 99.9 Å². The fourth-order valence-electron chi connectivity index (χ4n) is 0.592. The van der Waals surface area contributed by atoms with E-state index in [4.69, 9.17) is 0 Å². The molecule has 0 heterocycles. The van der Waals surface area contributed by atoms with Crippen molar-refractivity contribution in [2.75, 3.05) is 0 Å². The van der Waals surface area contributed by atoms with Gasteiger partial charge in [0.2, 0.25) is 6.17 Å². The van der Waals surface area contributed by atoms with Crippen LogP contribution < -0.4 is 0 Å². The minimum atomic E-state index is -5.80. The summed E-state index contributed by atoms with van der Waals surface area (Å²) in [5.41, 5.74) is -0.186. The van der Waals surface area contributed by atoms with Crippen LogP contribution >= 0.6 is 34.8 Å². The number of halogens is 10. The lowest BCUT2D eigenvalue weighted by atomic mass is 10.1. The van der Waals surface area contributed by atoms with Crippen molar-refractivity contribution in [1.82, 2.24) is 0 Å². The largest absolute Gasteiger partial charge is 0.358 e. The third-order valence-electron chi connectivity index (χ3n) is 1.42. The first kappa shape index (κ1) is 16.1. The van der Waals surface area contributed by atoms with E-state index in [-0.39, 0.29) is 5.54 Å². The van der Waals surface area contributed by atoms with Crippen LogP contribution in [0.25, 0.3) is 0 Å². The first-order chi connectivity index (χ1) is 6.89. The van der Waals surface area contributed by atoms with Gasteiger partial charge in [-0.15, -0.1) is 0 Å². The SMILES string of the molecule is FC(C(F)(F)Cl)C(F)(F)C(F)(F)C(Cl)=CCl. The molecule has 96 valence electrons. The van der Waals surface area contributed by atoms with Gasteiger partial charge < -0.3 is 0 Å². The molecule has 0 aliphatic carbocycles. The first-order valence-electron chi connectivity index (χ1n) is 3.31. The smallest absolute Gasteiger partial charge is 0.232 e. The van der Waals surface area contributed by atoms with Gasteiger partial charge in [0.1, 0.15) is 5.03 Å². The van der Waals surface area contributed by atoms with Crippen LogP contribution in [0.1, 0.15) is 0 Å². The van der Waals surface area contributed by atoms with Gasteiger partial charge in [0, 0.05) is 5.54 Å². The third kappa shape index (κ3) is 2.87. The first-order valence-corrected chi connectivity index (χ1v) is 4.51. The van der Waals surface area contributed by atoms with Crippen LogP contribution in [0.4, 0.5) is 30.7 Å². The van der Waals surface area contributed by atoms with Crippen LogP contribution in [0.15, 0.2) is 10.6 Å². The van der Waals surface area contributed by atoms with Crippen LogP contribution in [0.3, 0.4) is 0 Å². The van der Waals surface area contributed by atoms with Crippen molar-refractivity contribution in [3.05, 3.63) is 10.6 Å². The van der Waals surface area contributed by atoms with E-state index in [0.29, 0.717) is 0 Å². The Morgan fingerprint density at radius 1 is 1.06 bits per heavy atom. The predicted molar refractivity (Wildman–Crippen MR) is 45.4 cm³/mol. The molecule has 1 atom stereocenters. The topological polar surface area (TPSA) is 0 Å². The molecule has 0 saturated carbocycles. The van der Waals surface area contributed by atoms with Crippen molar-refractivity contribution in [1.29, 1.82) is 0 Å². The Morgan fingerprint density at radius 3 is 1.69 bits per heavy atom. The highest BCUT2D eigenvalue weighted by atomic mass is 35.5. The lowest BCUT2D eigenvalue weighted by Gasteiger charge is -2.29. The molecule has 0 fully saturated rings. The van der Waals surface area contributed by atoms with Gasteiger partial charge in [0.15, 0.2) is 0 Å². The van der Waals surface area contributed by atoms with Crippen molar-refractivity contribution in [2.45, 2.75) is 23.4 Å². The molecule has 0 aliphatic heterocycles. The van der Waals surface area contributed by atoms with Gasteiger partial charge in [0.25, 0.3) is 0 Å². The minimum absolute atomic E-state index is 0.186. The van der Waals surface area contributed by atoms with Crippen LogP contribution in [0.5, 0.6) is 0 Å². The zero-order valence-corrected chi connectivity index (χ0v) is 9.20. The van der Waals surface area contributed by atoms with Crippen molar-refractivity contribution in [3.8, 4) is 0 Å². The number of rotatable bonds is 4. The Bertz CT molecular complexity index is 282. The summed E-state index contributed by atoms with van der Waals surface area (Å²) in [5.74, 6) is -11.2. The standard InChI is InChI=1S/C6H2Cl3F7/c7-1-2(8)4(11,12)5(13,14)3(10)6(9,15)16/h1,3H. The molecule has 0 aliphatic rings. The molecule has 0 radical (unpaired) electrons. The molecular weight excluding hydrogens is 311 g/mol. The lowest BCUT2D eigenvalue weighted by molar-refractivity contribution is -0.244. The Morgan fingerprint density at radius 2 is 1.44 bits per heavy atom. The fraction of sp³-hybridized carbons (Fsp3) is 0.667. The average molecular weight is 313 g/mol. The van der Waals surface area contributed by atoms with Crippen molar-refractivity contribution >= 4 is 34.8 Å². The number of hydrogen-bond donors (Lipinski definition) is 0. The van der Waals surface area contributed by atoms with Crippen LogP contribution in [-0.2, 0) is 0 Å². The molecule has 0 amide bonds. The highest BCUT2D eigenvalue weighted by Crippen LogP contribution is 2.49. The van der Waals surface area contributed by atoms with E-state index in [0.717, 1.165) is 0 Å². The van der Waals surface area contributed by atoms with Crippen molar-refractivity contribution in [2.24, 2.45) is 0 Å². The maximum atomic E-state index is 12.7. The molecule has 0 bridgehead atoms. The molecule has 0 nitrogen and oxygen atoms in total. The summed E-state index contributed by atoms with van der Waals surface area (Å²) in [6, 6.07) is 0. The van der Waals surface area contributed by atoms with Gasteiger partial charge >= 0.3 is 17.2 Å². The predicted octanol–water partition coefficient (Wildman–Crippen LogP) is 4.75. The van der Waals surface area contributed by atoms with Gasteiger partial charge in [-0.2, -0.15) is 26.3 Å². The summed E-state index contributed by atoms with van der Waals surface area (Å²) in [4.78, 5) is 0. The van der Waals surface area contributed by atoms with E-state index in [1.54, 1.807) is 0 Å². The van der Waals surface area contributed by atoms with Crippen LogP contribution in [0, 0.1) is 0 Å². The Hall–Kier alpha value is 0.120. The summed E-state index contributed by atoms with van der Waals surface area (Å²) in [5, 5.41) is -7.15. The zero-order valence-electron chi connectivity index (χ0n) is 6.93. The quantitative estimate of drug-likeness (QED) is 0.519. The van der Waals surface area contributed by atoms with Crippen molar-refractivity contribution < 1.29 is 30.7 Å². The molecule has 0 aromatic heterocycles. The molecule has 0 N–H and O–H groups in total.